The summed E-state index contributed by atoms with van der Waals surface area (Å²) in [4.78, 5) is 1.35. The van der Waals surface area contributed by atoms with E-state index in [2.05, 4.69) is 48.6 Å². The van der Waals surface area contributed by atoms with Gasteiger partial charge in [-0.15, -0.1) is 0 Å². The molecule has 0 amide bonds. The number of benzene rings is 2. The molecule has 2 aromatic carbocycles. The lowest BCUT2D eigenvalue weighted by atomic mass is 10.0. The first kappa shape index (κ1) is 8.05. The van der Waals surface area contributed by atoms with Gasteiger partial charge in [0.1, 0.15) is 10.3 Å². The maximum Gasteiger partial charge on any atom is 0.210 e. The topological polar surface area (TPSA) is 0 Å². The van der Waals surface area contributed by atoms with Crippen LogP contribution in [0.25, 0.3) is 10.8 Å². The third-order valence-electron chi connectivity index (χ3n) is 2.46. The zero-order valence-corrected chi connectivity index (χ0v) is 8.47. The summed E-state index contributed by atoms with van der Waals surface area (Å²) in [5.41, 5.74) is 1.26. The number of fused-ring (bicyclic) bond motifs is 3. The van der Waals surface area contributed by atoms with Gasteiger partial charge in [0, 0.05) is 29.7 Å². The maximum absolute atomic E-state index is 3.36. The quantitative estimate of drug-likeness (QED) is 0.581. The van der Waals surface area contributed by atoms with E-state index >= 15 is 0 Å². The fourth-order valence-electron chi connectivity index (χ4n) is 1.80. The maximum atomic E-state index is 3.36. The summed E-state index contributed by atoms with van der Waals surface area (Å²) in [6.45, 7) is 0. The second kappa shape index (κ2) is 3.13. The zero-order valence-electron chi connectivity index (χ0n) is 7.66. The van der Waals surface area contributed by atoms with Crippen LogP contribution in [0.3, 0.4) is 0 Å². The van der Waals surface area contributed by atoms with Crippen molar-refractivity contribution in [2.45, 2.75) is 4.90 Å². The average Bonchev–Trinajstić information content (AvgIpc) is 2.29. The second-order valence-electron chi connectivity index (χ2n) is 3.32. The SMILES string of the molecule is [C+]1=CCSc2ccc3ccccc3c21. The number of hydrogen-bond acceptors (Lipinski definition) is 1. The van der Waals surface area contributed by atoms with Crippen LogP contribution in [0.4, 0.5) is 0 Å². The average molecular weight is 197 g/mol. The highest BCUT2D eigenvalue weighted by Gasteiger charge is 2.18. The van der Waals surface area contributed by atoms with E-state index in [1.165, 1.54) is 21.2 Å². The van der Waals surface area contributed by atoms with Crippen molar-refractivity contribution in [2.75, 3.05) is 5.75 Å². The molecule has 66 valence electrons. The largest absolute Gasteiger partial charge is 0.210 e. The molecule has 1 heterocycles. The summed E-state index contributed by atoms with van der Waals surface area (Å²) in [6, 6.07) is 12.9. The van der Waals surface area contributed by atoms with Crippen LogP contribution in [0.1, 0.15) is 5.56 Å². The van der Waals surface area contributed by atoms with Gasteiger partial charge >= 0.3 is 0 Å². The summed E-state index contributed by atoms with van der Waals surface area (Å²) in [7, 11) is 0. The third kappa shape index (κ3) is 1.14. The minimum Gasteiger partial charge on any atom is -0.0593 e. The smallest absolute Gasteiger partial charge is 0.0593 e. The zero-order chi connectivity index (χ0) is 9.38. The van der Waals surface area contributed by atoms with Crippen LogP contribution in [0.2, 0.25) is 0 Å². The predicted molar refractivity (Wildman–Crippen MR) is 61.6 cm³/mol. The van der Waals surface area contributed by atoms with Crippen LogP contribution in [-0.2, 0) is 0 Å². The molecule has 0 saturated carbocycles. The van der Waals surface area contributed by atoms with Crippen LogP contribution in [0.5, 0.6) is 0 Å². The molecule has 0 saturated heterocycles. The monoisotopic (exact) mass is 197 g/mol. The molecule has 0 bridgehead atoms. The Labute approximate surface area is 87.6 Å². The van der Waals surface area contributed by atoms with E-state index in [0.29, 0.717) is 0 Å². The van der Waals surface area contributed by atoms with E-state index in [1.807, 2.05) is 11.8 Å². The normalized spacial score (nSPS) is 13.7. The van der Waals surface area contributed by atoms with E-state index in [-0.39, 0.29) is 0 Å². The Morgan fingerprint density at radius 2 is 2.00 bits per heavy atom. The van der Waals surface area contributed by atoms with Gasteiger partial charge in [-0.1, -0.05) is 6.07 Å². The molecule has 0 unspecified atom stereocenters. The first-order valence-electron chi connectivity index (χ1n) is 4.68. The molecule has 0 radical (unpaired) electrons. The molecule has 1 heteroatoms. The molecule has 14 heavy (non-hydrogen) atoms. The molecular formula is C13H9S+. The lowest BCUT2D eigenvalue weighted by Gasteiger charge is -2.02. The van der Waals surface area contributed by atoms with Gasteiger partial charge in [0.05, 0.1) is 5.75 Å². The molecule has 0 fully saturated rings. The standard InChI is InChI=1S/C13H9S/c1-2-5-11-10(4-1)7-8-13-12(11)6-3-9-14-13/h1-5,7-8H,9H2/q+1. The lowest BCUT2D eigenvalue weighted by Crippen LogP contribution is -1.90. The summed E-state index contributed by atoms with van der Waals surface area (Å²) in [6.07, 6.45) is 5.47. The van der Waals surface area contributed by atoms with Crippen molar-refractivity contribution in [3.8, 4) is 0 Å². The van der Waals surface area contributed by atoms with Gasteiger partial charge < -0.3 is 0 Å². The molecular weight excluding hydrogens is 188 g/mol. The molecule has 0 spiro atoms. The summed E-state index contributed by atoms with van der Waals surface area (Å²) >= 11 is 1.89. The third-order valence-corrected chi connectivity index (χ3v) is 3.44. The van der Waals surface area contributed by atoms with Crippen molar-refractivity contribution < 1.29 is 0 Å². The molecule has 0 aromatic heterocycles. The molecule has 0 aliphatic carbocycles. The number of hydrogen-bond donors (Lipinski definition) is 0. The second-order valence-corrected chi connectivity index (χ2v) is 4.38. The van der Waals surface area contributed by atoms with Gasteiger partial charge in [-0.25, -0.2) is 0 Å². The van der Waals surface area contributed by atoms with E-state index in [4.69, 9.17) is 0 Å². The van der Waals surface area contributed by atoms with E-state index < -0.39 is 0 Å². The van der Waals surface area contributed by atoms with E-state index in [0.717, 1.165) is 5.75 Å². The van der Waals surface area contributed by atoms with Crippen molar-refractivity contribution in [2.24, 2.45) is 0 Å². The highest BCUT2D eigenvalue weighted by Crippen LogP contribution is 2.32. The van der Waals surface area contributed by atoms with Gasteiger partial charge in [-0.3, -0.25) is 0 Å². The molecule has 2 aromatic rings. The highest BCUT2D eigenvalue weighted by molar-refractivity contribution is 7.99. The molecule has 0 atom stereocenters. The van der Waals surface area contributed by atoms with Crippen LogP contribution < -0.4 is 0 Å². The first-order chi connectivity index (χ1) is 6.95. The van der Waals surface area contributed by atoms with Crippen molar-refractivity contribution >= 4 is 22.5 Å². The summed E-state index contributed by atoms with van der Waals surface area (Å²) in [5, 5.41) is 2.61. The molecule has 3 rings (SSSR count). The Balaban J connectivity index is 2.42. The van der Waals surface area contributed by atoms with Gasteiger partial charge in [0.2, 0.25) is 5.56 Å². The van der Waals surface area contributed by atoms with E-state index in [1.54, 1.807) is 0 Å². The Morgan fingerprint density at radius 1 is 1.07 bits per heavy atom. The lowest BCUT2D eigenvalue weighted by molar-refractivity contribution is 1.37. The van der Waals surface area contributed by atoms with Gasteiger partial charge in [0.25, 0.3) is 0 Å². The summed E-state index contributed by atoms with van der Waals surface area (Å²) < 4.78 is 0. The molecule has 0 N–H and O–H groups in total. The van der Waals surface area contributed by atoms with Crippen LogP contribution in [0.15, 0.2) is 47.4 Å². The molecule has 1 aliphatic heterocycles. The van der Waals surface area contributed by atoms with Crippen molar-refractivity contribution in [1.29, 1.82) is 0 Å². The van der Waals surface area contributed by atoms with Crippen LogP contribution >= 0.6 is 11.8 Å². The van der Waals surface area contributed by atoms with Crippen molar-refractivity contribution in [1.82, 2.24) is 0 Å². The Hall–Kier alpha value is -1.30. The fraction of sp³-hybridized carbons (Fsp3) is 0.0769. The van der Waals surface area contributed by atoms with Crippen molar-refractivity contribution in [3.63, 3.8) is 0 Å². The van der Waals surface area contributed by atoms with Crippen LogP contribution in [-0.4, -0.2) is 5.75 Å². The van der Waals surface area contributed by atoms with Gasteiger partial charge in [-0.05, 0) is 30.0 Å². The van der Waals surface area contributed by atoms with E-state index in [9.17, 15) is 0 Å². The van der Waals surface area contributed by atoms with Crippen LogP contribution in [0, 0.1) is 6.08 Å². The summed E-state index contributed by atoms with van der Waals surface area (Å²) in [5.74, 6) is 1.05. The Kier molecular flexibility index (Phi) is 1.80. The Bertz CT molecular complexity index is 512. The predicted octanol–water partition coefficient (Wildman–Crippen LogP) is 3.65. The van der Waals surface area contributed by atoms with Gasteiger partial charge in [-0.2, -0.15) is 0 Å². The highest BCUT2D eigenvalue weighted by atomic mass is 32.2. The molecule has 0 nitrogen and oxygen atoms in total. The van der Waals surface area contributed by atoms with Gasteiger partial charge in [0.15, 0.2) is 0 Å². The Morgan fingerprint density at radius 3 is 3.00 bits per heavy atom. The minimum atomic E-state index is 1.05. The van der Waals surface area contributed by atoms with Crippen molar-refractivity contribution in [3.05, 3.63) is 54.1 Å². The number of thioether (sulfide) groups is 1. The number of rotatable bonds is 0. The molecule has 1 aliphatic rings. The first-order valence-corrected chi connectivity index (χ1v) is 5.66. The minimum absolute atomic E-state index is 1.05. The fourth-order valence-corrected chi connectivity index (χ4v) is 2.62.